The Kier molecular flexibility index (Phi) is 9.87. The number of amides is 1. The first-order chi connectivity index (χ1) is 21.1. The molecule has 1 heterocycles. The first-order valence-corrected chi connectivity index (χ1v) is 14.4. The van der Waals surface area contributed by atoms with E-state index >= 15 is 0 Å². The lowest BCUT2D eigenvalue weighted by molar-refractivity contribution is -0.129. The van der Waals surface area contributed by atoms with Crippen LogP contribution < -0.4 is 14.8 Å². The minimum atomic E-state index is -1.28. The average molecular weight is 577 g/mol. The molecule has 0 bridgehead atoms. The third kappa shape index (κ3) is 7.13. The van der Waals surface area contributed by atoms with Crippen LogP contribution in [-0.4, -0.2) is 42.8 Å². The highest BCUT2D eigenvalue weighted by Gasteiger charge is 2.52. The molecule has 1 amide bonds. The summed E-state index contributed by atoms with van der Waals surface area (Å²) in [4.78, 5) is 19.4. The minimum Gasteiger partial charge on any atom is -0.496 e. The van der Waals surface area contributed by atoms with Crippen LogP contribution in [0.5, 0.6) is 11.5 Å². The number of nitrogens with one attached hydrogen (secondary N) is 1. The Bertz CT molecular complexity index is 1540. The average Bonchev–Trinajstić information content (AvgIpc) is 3.46. The molecule has 1 aliphatic heterocycles. The van der Waals surface area contributed by atoms with E-state index in [1.54, 1.807) is 7.11 Å². The SMILES string of the molecule is COc1ccccc1CNC(=O)[C@]1(C/C=C/c2ccccc2)N=C(c2ccc(OCCCO)cc2)O[C@@H]1c1ccccc1. The van der Waals surface area contributed by atoms with Crippen molar-refractivity contribution in [3.8, 4) is 11.5 Å². The number of methoxy groups -OCH3 is 1. The Hall–Kier alpha value is -4.88. The highest BCUT2D eigenvalue weighted by molar-refractivity contribution is 6.01. The van der Waals surface area contributed by atoms with Gasteiger partial charge in [0.05, 0.1) is 13.7 Å². The number of carbonyl (C=O) groups is 1. The van der Waals surface area contributed by atoms with E-state index in [4.69, 9.17) is 24.3 Å². The van der Waals surface area contributed by atoms with Crippen LogP contribution in [0, 0.1) is 0 Å². The van der Waals surface area contributed by atoms with E-state index < -0.39 is 11.6 Å². The minimum absolute atomic E-state index is 0.0729. The zero-order chi connectivity index (χ0) is 29.9. The van der Waals surface area contributed by atoms with E-state index in [1.165, 1.54) is 0 Å². The summed E-state index contributed by atoms with van der Waals surface area (Å²) in [7, 11) is 1.62. The molecule has 1 aliphatic rings. The van der Waals surface area contributed by atoms with Gasteiger partial charge in [0.1, 0.15) is 11.5 Å². The summed E-state index contributed by atoms with van der Waals surface area (Å²) in [5, 5.41) is 12.2. The van der Waals surface area contributed by atoms with Crippen LogP contribution in [0.25, 0.3) is 6.08 Å². The molecular formula is C36H36N2O5. The third-order valence-corrected chi connectivity index (χ3v) is 7.30. The molecule has 0 saturated heterocycles. The van der Waals surface area contributed by atoms with Crippen LogP contribution in [-0.2, 0) is 16.1 Å². The number of rotatable bonds is 13. The Morgan fingerprint density at radius 3 is 2.37 bits per heavy atom. The van der Waals surface area contributed by atoms with Gasteiger partial charge in [-0.25, -0.2) is 4.99 Å². The van der Waals surface area contributed by atoms with Crippen LogP contribution >= 0.6 is 0 Å². The van der Waals surface area contributed by atoms with Gasteiger partial charge in [-0.05, 0) is 41.5 Å². The van der Waals surface area contributed by atoms with E-state index in [0.29, 0.717) is 36.8 Å². The number of nitrogens with zero attached hydrogens (tertiary/aromatic N) is 1. The first-order valence-electron chi connectivity index (χ1n) is 14.4. The van der Waals surface area contributed by atoms with Gasteiger partial charge in [0.25, 0.3) is 5.91 Å². The normalized spacial score (nSPS) is 17.7. The molecule has 0 aromatic heterocycles. The van der Waals surface area contributed by atoms with Gasteiger partial charge in [-0.1, -0.05) is 91.0 Å². The van der Waals surface area contributed by atoms with Gasteiger partial charge in [0, 0.05) is 37.1 Å². The number of carbonyl (C=O) groups excluding carboxylic acids is 1. The largest absolute Gasteiger partial charge is 0.496 e. The molecule has 2 N–H and O–H groups in total. The lowest BCUT2D eigenvalue weighted by Crippen LogP contribution is -2.47. The van der Waals surface area contributed by atoms with E-state index in [2.05, 4.69) is 5.32 Å². The smallest absolute Gasteiger partial charge is 0.252 e. The molecule has 0 fully saturated rings. The highest BCUT2D eigenvalue weighted by Crippen LogP contribution is 2.43. The van der Waals surface area contributed by atoms with E-state index in [0.717, 1.165) is 22.3 Å². The monoisotopic (exact) mass is 576 g/mol. The summed E-state index contributed by atoms with van der Waals surface area (Å²) < 4.78 is 17.8. The number of hydrogen-bond donors (Lipinski definition) is 2. The molecule has 0 spiro atoms. The number of aliphatic imine (C=N–C) groups is 1. The zero-order valence-corrected chi connectivity index (χ0v) is 24.2. The number of benzene rings is 4. The topological polar surface area (TPSA) is 89.4 Å². The maximum Gasteiger partial charge on any atom is 0.252 e. The van der Waals surface area contributed by atoms with E-state index in [1.807, 2.05) is 121 Å². The van der Waals surface area contributed by atoms with Crippen molar-refractivity contribution >= 4 is 17.9 Å². The fraction of sp³-hybridized carbons (Fsp3) is 0.222. The van der Waals surface area contributed by atoms with Gasteiger partial charge >= 0.3 is 0 Å². The summed E-state index contributed by atoms with van der Waals surface area (Å²) in [5.74, 6) is 1.52. The molecule has 0 radical (unpaired) electrons. The predicted molar refractivity (Wildman–Crippen MR) is 168 cm³/mol. The molecule has 0 aliphatic carbocycles. The molecule has 4 aromatic rings. The van der Waals surface area contributed by atoms with Crippen molar-refractivity contribution in [1.29, 1.82) is 0 Å². The number of hydrogen-bond acceptors (Lipinski definition) is 6. The lowest BCUT2D eigenvalue weighted by Gasteiger charge is -2.30. The van der Waals surface area contributed by atoms with Gasteiger partial charge in [-0.3, -0.25) is 4.79 Å². The Morgan fingerprint density at radius 2 is 1.65 bits per heavy atom. The van der Waals surface area contributed by atoms with Crippen LogP contribution in [0.2, 0.25) is 0 Å². The number of ether oxygens (including phenoxy) is 3. The van der Waals surface area contributed by atoms with Crippen LogP contribution in [0.4, 0.5) is 0 Å². The summed E-state index contributed by atoms with van der Waals surface area (Å²) in [6.07, 6.45) is 4.19. The molecular weight excluding hydrogens is 540 g/mol. The van der Waals surface area contributed by atoms with E-state index in [9.17, 15) is 4.79 Å². The molecule has 0 saturated carbocycles. The second-order valence-corrected chi connectivity index (χ2v) is 10.2. The Morgan fingerprint density at radius 1 is 0.953 bits per heavy atom. The van der Waals surface area contributed by atoms with Crippen molar-refractivity contribution < 1.29 is 24.1 Å². The molecule has 43 heavy (non-hydrogen) atoms. The van der Waals surface area contributed by atoms with Gasteiger partial charge in [-0.15, -0.1) is 0 Å². The molecule has 4 aromatic carbocycles. The molecule has 7 heteroatoms. The molecule has 0 unspecified atom stereocenters. The summed E-state index contributed by atoms with van der Waals surface area (Å²) in [6.45, 7) is 0.773. The summed E-state index contributed by atoms with van der Waals surface area (Å²) in [5.41, 5.74) is 2.21. The van der Waals surface area contributed by atoms with Crippen LogP contribution in [0.15, 0.2) is 120 Å². The van der Waals surface area contributed by atoms with Gasteiger partial charge in [0.2, 0.25) is 5.90 Å². The predicted octanol–water partition coefficient (Wildman–Crippen LogP) is 6.13. The first kappa shape index (κ1) is 29.6. The van der Waals surface area contributed by atoms with Crippen molar-refractivity contribution in [3.05, 3.63) is 138 Å². The Balaban J connectivity index is 1.51. The van der Waals surface area contributed by atoms with Gasteiger partial charge in [0.15, 0.2) is 11.6 Å². The molecule has 7 nitrogen and oxygen atoms in total. The molecule has 5 rings (SSSR count). The second-order valence-electron chi connectivity index (χ2n) is 10.2. The Labute approximate surface area is 252 Å². The maximum atomic E-state index is 14.3. The molecule has 220 valence electrons. The molecule has 2 atom stereocenters. The fourth-order valence-corrected chi connectivity index (χ4v) is 5.06. The number of para-hydroxylation sites is 1. The zero-order valence-electron chi connectivity index (χ0n) is 24.2. The van der Waals surface area contributed by atoms with Crippen LogP contribution in [0.3, 0.4) is 0 Å². The standard InChI is InChI=1S/C36H36N2O5/c1-41-32-18-9-8-17-30(32)26-37-35(40)36(23-10-14-27-12-4-2-5-13-27)33(28-15-6-3-7-16-28)43-34(38-36)29-19-21-31(22-20-29)42-25-11-24-39/h2-10,12-22,33,39H,11,23-26H2,1H3,(H,37,40)/b14-10+/t33-,36-/m1/s1. The highest BCUT2D eigenvalue weighted by atomic mass is 16.5. The quantitative estimate of drug-likeness (QED) is 0.187. The van der Waals surface area contributed by atoms with Gasteiger partial charge in [-0.2, -0.15) is 0 Å². The van der Waals surface area contributed by atoms with Crippen molar-refractivity contribution in [3.63, 3.8) is 0 Å². The number of aliphatic hydroxyl groups is 1. The van der Waals surface area contributed by atoms with Crippen molar-refractivity contribution in [2.45, 2.75) is 31.0 Å². The van der Waals surface area contributed by atoms with Crippen molar-refractivity contribution in [2.24, 2.45) is 4.99 Å². The van der Waals surface area contributed by atoms with Gasteiger partial charge < -0.3 is 24.6 Å². The number of aliphatic hydroxyl groups excluding tert-OH is 1. The van der Waals surface area contributed by atoms with Crippen LogP contribution in [0.1, 0.15) is 41.2 Å². The summed E-state index contributed by atoms with van der Waals surface area (Å²) >= 11 is 0. The fourth-order valence-electron chi connectivity index (χ4n) is 5.06. The third-order valence-electron chi connectivity index (χ3n) is 7.30. The van der Waals surface area contributed by atoms with E-state index in [-0.39, 0.29) is 19.1 Å². The second kappa shape index (κ2) is 14.3. The lowest BCUT2D eigenvalue weighted by atomic mass is 9.84. The summed E-state index contributed by atoms with van der Waals surface area (Å²) in [6, 6.07) is 34.8. The maximum absolute atomic E-state index is 14.3. The van der Waals surface area contributed by atoms with Crippen molar-refractivity contribution in [1.82, 2.24) is 5.32 Å². The van der Waals surface area contributed by atoms with Crippen molar-refractivity contribution in [2.75, 3.05) is 20.3 Å².